The van der Waals surface area contributed by atoms with E-state index in [0.717, 1.165) is 9.87 Å². The topological polar surface area (TPSA) is 106 Å². The second kappa shape index (κ2) is 6.84. The molecule has 0 bridgehead atoms. The average Bonchev–Trinajstić information content (AvgIpc) is 2.53. The third kappa shape index (κ3) is 4.11. The molecule has 0 saturated carbocycles. The number of carbonyl (C=O) groups is 1. The van der Waals surface area contributed by atoms with Gasteiger partial charge in [-0.05, 0) is 0 Å². The summed E-state index contributed by atoms with van der Waals surface area (Å²) in [5.41, 5.74) is 6.57. The molecule has 0 atom stereocenters. The molecule has 1 aromatic heterocycles. The lowest BCUT2D eigenvalue weighted by Crippen LogP contribution is -2.27. The van der Waals surface area contributed by atoms with Crippen LogP contribution in [0.3, 0.4) is 0 Å². The second-order valence-electron chi connectivity index (χ2n) is 5.13. The Balaban J connectivity index is 2.37. The number of benzene rings is 1. The van der Waals surface area contributed by atoms with Gasteiger partial charge in [0.1, 0.15) is 0 Å². The van der Waals surface area contributed by atoms with Crippen molar-refractivity contribution in [2.45, 2.75) is 6.42 Å². The predicted octanol–water partition coefficient (Wildman–Crippen LogP) is 0.676. The largest absolute Gasteiger partial charge is 0.365 e. The SMILES string of the molecule is CN(C)S(=O)(=O)CCc1nc(-c2ccccc2)ncc1C(N)=O. The second-order valence-corrected chi connectivity index (χ2v) is 7.44. The van der Waals surface area contributed by atoms with E-state index in [9.17, 15) is 13.2 Å². The van der Waals surface area contributed by atoms with E-state index in [-0.39, 0.29) is 17.7 Å². The molecule has 0 aliphatic heterocycles. The zero-order valence-electron chi connectivity index (χ0n) is 12.9. The maximum absolute atomic E-state index is 11.9. The fraction of sp³-hybridized carbons (Fsp3) is 0.267. The lowest BCUT2D eigenvalue weighted by molar-refractivity contribution is 0.0998. The molecule has 2 rings (SSSR count). The summed E-state index contributed by atoms with van der Waals surface area (Å²) in [6.07, 6.45) is 1.43. The highest BCUT2D eigenvalue weighted by molar-refractivity contribution is 7.89. The fourth-order valence-corrected chi connectivity index (χ4v) is 2.76. The minimum Gasteiger partial charge on any atom is -0.365 e. The summed E-state index contributed by atoms with van der Waals surface area (Å²) in [6, 6.07) is 9.22. The smallest absolute Gasteiger partial charge is 0.252 e. The summed E-state index contributed by atoms with van der Waals surface area (Å²) in [5.74, 6) is -0.416. The summed E-state index contributed by atoms with van der Waals surface area (Å²) in [7, 11) is -0.479. The first kappa shape index (κ1) is 17.0. The van der Waals surface area contributed by atoms with E-state index in [1.807, 2.05) is 30.3 Å². The van der Waals surface area contributed by atoms with Gasteiger partial charge in [0.15, 0.2) is 5.82 Å². The van der Waals surface area contributed by atoms with Crippen molar-refractivity contribution in [3.05, 3.63) is 47.8 Å². The zero-order valence-corrected chi connectivity index (χ0v) is 13.7. The number of hydrogen-bond donors (Lipinski definition) is 1. The first-order chi connectivity index (χ1) is 10.8. The molecule has 1 heterocycles. The first-order valence-corrected chi connectivity index (χ1v) is 8.53. The van der Waals surface area contributed by atoms with E-state index in [2.05, 4.69) is 9.97 Å². The number of sulfonamides is 1. The molecule has 122 valence electrons. The minimum absolute atomic E-state index is 0.0845. The molecule has 1 amide bonds. The third-order valence-electron chi connectivity index (χ3n) is 3.32. The quantitative estimate of drug-likeness (QED) is 0.836. The summed E-state index contributed by atoms with van der Waals surface area (Å²) in [4.78, 5) is 20.0. The highest BCUT2D eigenvalue weighted by Gasteiger charge is 2.18. The van der Waals surface area contributed by atoms with E-state index in [1.165, 1.54) is 20.3 Å². The number of hydrogen-bond acceptors (Lipinski definition) is 5. The predicted molar refractivity (Wildman–Crippen MR) is 87.2 cm³/mol. The van der Waals surface area contributed by atoms with Crippen LogP contribution in [0.25, 0.3) is 11.4 Å². The van der Waals surface area contributed by atoms with Crippen LogP contribution in [0.1, 0.15) is 16.1 Å². The van der Waals surface area contributed by atoms with E-state index < -0.39 is 15.9 Å². The van der Waals surface area contributed by atoms with E-state index in [1.54, 1.807) is 0 Å². The van der Waals surface area contributed by atoms with Gasteiger partial charge >= 0.3 is 0 Å². The highest BCUT2D eigenvalue weighted by Crippen LogP contribution is 2.17. The van der Waals surface area contributed by atoms with Crippen molar-refractivity contribution in [1.29, 1.82) is 0 Å². The Kier molecular flexibility index (Phi) is 5.07. The van der Waals surface area contributed by atoms with Gasteiger partial charge in [0.25, 0.3) is 5.91 Å². The normalized spacial score (nSPS) is 11.6. The minimum atomic E-state index is -3.40. The van der Waals surface area contributed by atoms with Gasteiger partial charge in [-0.2, -0.15) is 0 Å². The standard InChI is InChI=1S/C15H18N4O3S/c1-19(2)23(21,22)9-8-13-12(14(16)20)10-17-15(18-13)11-6-4-3-5-7-11/h3-7,10H,8-9H2,1-2H3,(H2,16,20). The van der Waals surface area contributed by atoms with Crippen molar-refractivity contribution in [1.82, 2.24) is 14.3 Å². The Morgan fingerprint density at radius 1 is 1.22 bits per heavy atom. The Morgan fingerprint density at radius 2 is 1.87 bits per heavy atom. The molecule has 0 fully saturated rings. The van der Waals surface area contributed by atoms with Crippen LogP contribution >= 0.6 is 0 Å². The third-order valence-corrected chi connectivity index (χ3v) is 5.15. The molecule has 23 heavy (non-hydrogen) atoms. The molecule has 2 N–H and O–H groups in total. The number of primary amides is 1. The van der Waals surface area contributed by atoms with Gasteiger partial charge in [-0.3, -0.25) is 4.79 Å². The zero-order chi connectivity index (χ0) is 17.0. The van der Waals surface area contributed by atoms with E-state index in [4.69, 9.17) is 5.73 Å². The monoisotopic (exact) mass is 334 g/mol. The lowest BCUT2D eigenvalue weighted by Gasteiger charge is -2.12. The van der Waals surface area contributed by atoms with Gasteiger partial charge < -0.3 is 5.73 Å². The van der Waals surface area contributed by atoms with Gasteiger partial charge in [0, 0.05) is 32.3 Å². The van der Waals surface area contributed by atoms with Gasteiger partial charge in [0.05, 0.1) is 17.0 Å². The fourth-order valence-electron chi connectivity index (χ4n) is 1.95. The van der Waals surface area contributed by atoms with Crippen LogP contribution in [0, 0.1) is 0 Å². The van der Waals surface area contributed by atoms with Crippen LogP contribution in [0.5, 0.6) is 0 Å². The molecule has 0 radical (unpaired) electrons. The molecule has 0 saturated heterocycles. The van der Waals surface area contributed by atoms with Gasteiger partial charge in [0.2, 0.25) is 10.0 Å². The van der Waals surface area contributed by atoms with Crippen molar-refractivity contribution in [2.24, 2.45) is 5.73 Å². The van der Waals surface area contributed by atoms with Crippen molar-refractivity contribution >= 4 is 15.9 Å². The molecular formula is C15H18N4O3S. The van der Waals surface area contributed by atoms with Crippen molar-refractivity contribution in [3.63, 3.8) is 0 Å². The number of nitrogens with two attached hydrogens (primary N) is 1. The van der Waals surface area contributed by atoms with Crippen molar-refractivity contribution in [2.75, 3.05) is 19.8 Å². The number of carbonyl (C=O) groups excluding carboxylic acids is 1. The number of amides is 1. The Hall–Kier alpha value is -2.32. The van der Waals surface area contributed by atoms with Crippen LogP contribution in [0.15, 0.2) is 36.5 Å². The molecular weight excluding hydrogens is 316 g/mol. The van der Waals surface area contributed by atoms with Gasteiger partial charge in [-0.1, -0.05) is 30.3 Å². The Bertz CT molecular complexity index is 805. The molecule has 7 nitrogen and oxygen atoms in total. The van der Waals surface area contributed by atoms with Gasteiger partial charge in [-0.15, -0.1) is 0 Å². The molecule has 0 aliphatic rings. The average molecular weight is 334 g/mol. The maximum Gasteiger partial charge on any atom is 0.252 e. The van der Waals surface area contributed by atoms with Crippen LogP contribution in [-0.4, -0.2) is 48.4 Å². The Labute approximate surface area is 135 Å². The summed E-state index contributed by atoms with van der Waals surface area (Å²) >= 11 is 0. The van der Waals surface area contributed by atoms with Crippen LogP contribution in [0.4, 0.5) is 0 Å². The van der Waals surface area contributed by atoms with Crippen molar-refractivity contribution < 1.29 is 13.2 Å². The van der Waals surface area contributed by atoms with Crippen LogP contribution < -0.4 is 5.73 Å². The van der Waals surface area contributed by atoms with Crippen LogP contribution in [-0.2, 0) is 16.4 Å². The van der Waals surface area contributed by atoms with Crippen LogP contribution in [0.2, 0.25) is 0 Å². The number of nitrogens with zero attached hydrogens (tertiary/aromatic N) is 3. The first-order valence-electron chi connectivity index (χ1n) is 6.92. The Morgan fingerprint density at radius 3 is 2.43 bits per heavy atom. The molecule has 0 unspecified atom stereocenters. The molecule has 8 heteroatoms. The number of aromatic nitrogens is 2. The lowest BCUT2D eigenvalue weighted by atomic mass is 10.1. The molecule has 0 spiro atoms. The van der Waals surface area contributed by atoms with Crippen molar-refractivity contribution in [3.8, 4) is 11.4 Å². The molecule has 0 aliphatic carbocycles. The maximum atomic E-state index is 11.9. The number of rotatable bonds is 6. The summed E-state index contributed by atoms with van der Waals surface area (Å²) < 4.78 is 24.9. The molecule has 1 aromatic carbocycles. The van der Waals surface area contributed by atoms with Gasteiger partial charge in [-0.25, -0.2) is 22.7 Å². The summed E-state index contributed by atoms with van der Waals surface area (Å²) in [5, 5.41) is 0. The van der Waals surface area contributed by atoms with E-state index in [0.29, 0.717) is 11.5 Å². The number of aryl methyl sites for hydroxylation is 1. The molecule has 2 aromatic rings. The summed E-state index contributed by atoms with van der Waals surface area (Å²) in [6.45, 7) is 0. The highest BCUT2D eigenvalue weighted by atomic mass is 32.2. The van der Waals surface area contributed by atoms with E-state index >= 15 is 0 Å².